The number of carbonyl (C=O) groups excluding carboxylic acids is 1. The first-order chi connectivity index (χ1) is 13.0. The van der Waals surface area contributed by atoms with Gasteiger partial charge in [-0.15, -0.1) is 0 Å². The van der Waals surface area contributed by atoms with E-state index in [9.17, 15) is 4.79 Å². The van der Waals surface area contributed by atoms with Crippen molar-refractivity contribution in [2.75, 3.05) is 26.8 Å². The third-order valence-electron chi connectivity index (χ3n) is 4.99. The maximum atomic E-state index is 12.5. The highest BCUT2D eigenvalue weighted by molar-refractivity contribution is 7.80. The Kier molecular flexibility index (Phi) is 6.34. The van der Waals surface area contributed by atoms with Crippen molar-refractivity contribution in [3.63, 3.8) is 0 Å². The van der Waals surface area contributed by atoms with Crippen LogP contribution in [-0.2, 0) is 16.1 Å². The molecule has 6 nitrogen and oxygen atoms in total. The maximum absolute atomic E-state index is 12.5. The molecule has 2 heterocycles. The number of esters is 1. The van der Waals surface area contributed by atoms with E-state index in [4.69, 9.17) is 21.7 Å². The van der Waals surface area contributed by atoms with Crippen molar-refractivity contribution in [1.82, 2.24) is 15.5 Å². The van der Waals surface area contributed by atoms with Crippen LogP contribution in [0.3, 0.4) is 0 Å². The Bertz CT molecular complexity index is 757. The number of rotatable bonds is 6. The van der Waals surface area contributed by atoms with Crippen molar-refractivity contribution >= 4 is 23.3 Å². The fourth-order valence-corrected chi connectivity index (χ4v) is 3.98. The van der Waals surface area contributed by atoms with Gasteiger partial charge in [-0.25, -0.2) is 4.79 Å². The molecule has 0 bridgehead atoms. The lowest BCUT2D eigenvalue weighted by atomic mass is 9.94. The number of ether oxygens (including phenoxy) is 2. The second-order valence-electron chi connectivity index (χ2n) is 6.85. The van der Waals surface area contributed by atoms with Crippen LogP contribution < -0.4 is 15.4 Å². The van der Waals surface area contributed by atoms with E-state index in [2.05, 4.69) is 21.6 Å². The van der Waals surface area contributed by atoms with E-state index in [-0.39, 0.29) is 12.0 Å². The lowest BCUT2D eigenvalue weighted by Gasteiger charge is -2.30. The number of nitrogens with one attached hydrogen (secondary N) is 2. The van der Waals surface area contributed by atoms with Gasteiger partial charge >= 0.3 is 5.97 Å². The lowest BCUT2D eigenvalue weighted by Crippen LogP contribution is -2.45. The summed E-state index contributed by atoms with van der Waals surface area (Å²) in [6.07, 6.45) is 2.47. The first-order valence-corrected chi connectivity index (χ1v) is 9.79. The fourth-order valence-electron chi connectivity index (χ4n) is 3.71. The molecule has 146 valence electrons. The molecule has 1 saturated heterocycles. The van der Waals surface area contributed by atoms with Crippen LogP contribution in [0.2, 0.25) is 0 Å². The molecule has 1 aromatic rings. The van der Waals surface area contributed by atoms with Gasteiger partial charge in [-0.1, -0.05) is 6.07 Å². The Hall–Kier alpha value is -2.12. The average molecular weight is 390 g/mol. The van der Waals surface area contributed by atoms with Gasteiger partial charge < -0.3 is 20.1 Å². The van der Waals surface area contributed by atoms with Crippen LogP contribution >= 0.6 is 12.2 Å². The number of hydrogen-bond acceptors (Lipinski definition) is 5. The topological polar surface area (TPSA) is 62.8 Å². The zero-order chi connectivity index (χ0) is 19.4. The number of hydrogen-bond donors (Lipinski definition) is 2. The van der Waals surface area contributed by atoms with Crippen LogP contribution in [0.5, 0.6) is 5.75 Å². The molecule has 2 N–H and O–H groups in total. The number of nitrogens with zero attached hydrogens (tertiary/aromatic N) is 1. The van der Waals surface area contributed by atoms with E-state index in [1.807, 2.05) is 19.1 Å². The minimum absolute atomic E-state index is 0.329. The summed E-state index contributed by atoms with van der Waals surface area (Å²) in [7, 11) is 1.69. The van der Waals surface area contributed by atoms with Gasteiger partial charge in [0.2, 0.25) is 0 Å². The van der Waals surface area contributed by atoms with E-state index >= 15 is 0 Å². The molecule has 0 saturated carbocycles. The van der Waals surface area contributed by atoms with Gasteiger partial charge in [0.15, 0.2) is 5.11 Å². The molecule has 27 heavy (non-hydrogen) atoms. The number of likely N-dealkylation sites (tertiary alicyclic amines) is 1. The summed E-state index contributed by atoms with van der Waals surface area (Å²) in [5.41, 5.74) is 3.36. The predicted molar refractivity (Wildman–Crippen MR) is 108 cm³/mol. The normalized spacial score (nSPS) is 20.3. The average Bonchev–Trinajstić information content (AvgIpc) is 3.14. The van der Waals surface area contributed by atoms with Crippen molar-refractivity contribution in [2.24, 2.45) is 0 Å². The van der Waals surface area contributed by atoms with E-state index in [0.717, 1.165) is 42.2 Å². The second kappa shape index (κ2) is 8.71. The van der Waals surface area contributed by atoms with Gasteiger partial charge in [-0.05, 0) is 69.7 Å². The second-order valence-corrected chi connectivity index (χ2v) is 7.25. The van der Waals surface area contributed by atoms with Gasteiger partial charge in [-0.2, -0.15) is 0 Å². The number of allylic oxidation sites excluding steroid dienone is 1. The highest BCUT2D eigenvalue weighted by atomic mass is 32.1. The van der Waals surface area contributed by atoms with Crippen molar-refractivity contribution in [1.29, 1.82) is 0 Å². The minimum atomic E-state index is -0.346. The van der Waals surface area contributed by atoms with E-state index < -0.39 is 0 Å². The third kappa shape index (κ3) is 4.42. The third-order valence-corrected chi connectivity index (χ3v) is 5.21. The van der Waals surface area contributed by atoms with Gasteiger partial charge in [0.25, 0.3) is 0 Å². The predicted octanol–water partition coefficient (Wildman–Crippen LogP) is 2.65. The molecule has 0 unspecified atom stereocenters. The van der Waals surface area contributed by atoms with Crippen LogP contribution in [-0.4, -0.2) is 42.8 Å². The number of benzene rings is 1. The number of thiocarbonyl (C=S) groups is 1. The van der Waals surface area contributed by atoms with Crippen molar-refractivity contribution < 1.29 is 14.3 Å². The van der Waals surface area contributed by atoms with Crippen molar-refractivity contribution in [3.8, 4) is 5.75 Å². The summed E-state index contributed by atoms with van der Waals surface area (Å²) in [5, 5.41) is 6.75. The molecule has 0 aliphatic carbocycles. The van der Waals surface area contributed by atoms with Crippen LogP contribution in [0.4, 0.5) is 0 Å². The Morgan fingerprint density at radius 3 is 2.74 bits per heavy atom. The Balaban J connectivity index is 1.95. The van der Waals surface area contributed by atoms with E-state index in [1.54, 1.807) is 14.0 Å². The molecular weight excluding hydrogens is 362 g/mol. The maximum Gasteiger partial charge on any atom is 0.338 e. The quantitative estimate of drug-likeness (QED) is 0.573. The van der Waals surface area contributed by atoms with Crippen LogP contribution in [0.1, 0.15) is 43.9 Å². The summed E-state index contributed by atoms with van der Waals surface area (Å²) in [5.74, 6) is 0.528. The molecule has 1 aromatic carbocycles. The van der Waals surface area contributed by atoms with E-state index in [1.165, 1.54) is 12.8 Å². The Morgan fingerprint density at radius 1 is 1.33 bits per heavy atom. The molecule has 3 rings (SSSR count). The molecule has 0 spiro atoms. The summed E-state index contributed by atoms with van der Waals surface area (Å²) in [6.45, 7) is 7.03. The van der Waals surface area contributed by atoms with Crippen LogP contribution in [0.15, 0.2) is 29.5 Å². The Labute approximate surface area is 165 Å². The summed E-state index contributed by atoms with van der Waals surface area (Å²) < 4.78 is 10.8. The standard InChI is InChI=1S/C20H27N3O3S/c1-4-26-19(24)17-13(2)21-20(27)22-18(17)14-7-8-16(25-3)15(11-14)12-23-9-5-6-10-23/h7-8,11,18H,4-6,9-10,12H2,1-3H3,(H2,21,22,27)/t18-/m1/s1. The van der Waals surface area contributed by atoms with Gasteiger partial charge in [0.1, 0.15) is 5.75 Å². The number of carbonyl (C=O) groups is 1. The summed E-state index contributed by atoms with van der Waals surface area (Å²) >= 11 is 5.32. The highest BCUT2D eigenvalue weighted by Gasteiger charge is 2.31. The molecule has 1 atom stereocenters. The zero-order valence-corrected chi connectivity index (χ0v) is 16.9. The SMILES string of the molecule is CCOC(=O)C1=C(C)NC(=S)N[C@@H]1c1ccc(OC)c(CN2CCCC2)c1. The molecule has 7 heteroatoms. The summed E-state index contributed by atoms with van der Waals surface area (Å²) in [6, 6.07) is 5.70. The fraction of sp³-hybridized carbons (Fsp3) is 0.500. The van der Waals surface area contributed by atoms with E-state index in [0.29, 0.717) is 17.3 Å². The minimum Gasteiger partial charge on any atom is -0.496 e. The van der Waals surface area contributed by atoms with Gasteiger partial charge in [-0.3, -0.25) is 4.90 Å². The highest BCUT2D eigenvalue weighted by Crippen LogP contribution is 2.32. The van der Waals surface area contributed by atoms with Crippen LogP contribution in [0.25, 0.3) is 0 Å². The summed E-state index contributed by atoms with van der Waals surface area (Å²) in [4.78, 5) is 15.0. The molecule has 0 aromatic heterocycles. The molecule has 0 radical (unpaired) electrons. The first kappa shape index (κ1) is 19.6. The molecular formula is C20H27N3O3S. The van der Waals surface area contributed by atoms with Crippen molar-refractivity contribution in [3.05, 3.63) is 40.6 Å². The van der Waals surface area contributed by atoms with Crippen molar-refractivity contribution in [2.45, 2.75) is 39.3 Å². The van der Waals surface area contributed by atoms with Gasteiger partial charge in [0, 0.05) is 17.8 Å². The molecule has 2 aliphatic heterocycles. The zero-order valence-electron chi connectivity index (χ0n) is 16.1. The monoisotopic (exact) mass is 389 g/mol. The van der Waals surface area contributed by atoms with Gasteiger partial charge in [0.05, 0.1) is 25.3 Å². The lowest BCUT2D eigenvalue weighted by molar-refractivity contribution is -0.139. The molecule has 0 amide bonds. The molecule has 2 aliphatic rings. The number of methoxy groups -OCH3 is 1. The smallest absolute Gasteiger partial charge is 0.338 e. The Morgan fingerprint density at radius 2 is 2.07 bits per heavy atom. The van der Waals surface area contributed by atoms with Crippen LogP contribution in [0, 0.1) is 0 Å². The first-order valence-electron chi connectivity index (χ1n) is 9.38. The largest absolute Gasteiger partial charge is 0.496 e. The molecule has 1 fully saturated rings.